The lowest BCUT2D eigenvalue weighted by Crippen LogP contribution is -2.70. The van der Waals surface area contributed by atoms with Crippen LogP contribution in [0.25, 0.3) is 0 Å². The monoisotopic (exact) mass is 497 g/mol. The van der Waals surface area contributed by atoms with E-state index in [9.17, 15) is 18.0 Å². The first kappa shape index (κ1) is 25.4. The maximum absolute atomic E-state index is 13.7. The lowest BCUT2D eigenvalue weighted by Gasteiger charge is -2.47. The van der Waals surface area contributed by atoms with Crippen LogP contribution < -0.4 is 5.32 Å². The number of rotatable bonds is 7. The molecule has 1 aliphatic heterocycles. The molecule has 0 radical (unpaired) electrons. The molecule has 2 amide bonds. The van der Waals surface area contributed by atoms with Crippen LogP contribution in [-0.2, 0) is 32.6 Å². The second kappa shape index (κ2) is 10.5. The molecule has 1 atom stereocenters. The van der Waals surface area contributed by atoms with Crippen LogP contribution in [0.5, 0.6) is 0 Å². The Morgan fingerprint density at radius 1 is 1.00 bits per heavy atom. The summed E-state index contributed by atoms with van der Waals surface area (Å²) in [6.45, 7) is 3.63. The van der Waals surface area contributed by atoms with Gasteiger partial charge in [0, 0.05) is 19.1 Å². The zero-order chi connectivity index (χ0) is 25.1. The van der Waals surface area contributed by atoms with Crippen LogP contribution in [0.2, 0.25) is 0 Å². The fraction of sp³-hybridized carbons (Fsp3) is 0.481. The highest BCUT2D eigenvalue weighted by atomic mass is 32.2. The SMILES string of the molecule is CCc1ccc(CN2C(=O)CN(S(=O)(=O)c3ccccc3)C[C@]2(C)C(=O)NC2CCCCC2)cc1. The van der Waals surface area contributed by atoms with Crippen LogP contribution in [0, 0.1) is 0 Å². The first-order valence-corrected chi connectivity index (χ1v) is 13.9. The number of benzene rings is 2. The first-order chi connectivity index (χ1) is 16.7. The van der Waals surface area contributed by atoms with Crippen molar-refractivity contribution in [3.05, 3.63) is 65.7 Å². The highest BCUT2D eigenvalue weighted by Crippen LogP contribution is 2.30. The van der Waals surface area contributed by atoms with E-state index in [1.807, 2.05) is 24.3 Å². The van der Waals surface area contributed by atoms with E-state index < -0.39 is 15.6 Å². The molecular weight excluding hydrogens is 462 g/mol. The largest absolute Gasteiger partial charge is 0.351 e. The molecule has 0 spiro atoms. The standard InChI is InChI=1S/C27H35N3O4S/c1-3-21-14-16-22(17-15-21)18-30-25(31)19-29(35(33,34)24-12-8-5-9-13-24)20-27(30,2)26(32)28-23-10-6-4-7-11-23/h5,8-9,12-17,23H,3-4,6-7,10-11,18-20H2,1-2H3,(H,28,32)/t27-/m1/s1. The van der Waals surface area contributed by atoms with Crippen molar-refractivity contribution in [2.24, 2.45) is 0 Å². The summed E-state index contributed by atoms with van der Waals surface area (Å²) in [6, 6.07) is 16.1. The normalized spacial score (nSPS) is 22.2. The minimum atomic E-state index is -3.93. The molecule has 35 heavy (non-hydrogen) atoms. The Hall–Kier alpha value is -2.71. The van der Waals surface area contributed by atoms with Crippen LogP contribution in [0.3, 0.4) is 0 Å². The number of carbonyl (C=O) groups is 2. The van der Waals surface area contributed by atoms with E-state index >= 15 is 0 Å². The Bertz CT molecular complexity index is 1140. The van der Waals surface area contributed by atoms with Gasteiger partial charge in [0.25, 0.3) is 0 Å². The molecule has 1 aliphatic carbocycles. The van der Waals surface area contributed by atoms with Gasteiger partial charge in [0.1, 0.15) is 5.54 Å². The minimum absolute atomic E-state index is 0.0509. The number of nitrogens with one attached hydrogen (secondary N) is 1. The maximum atomic E-state index is 13.7. The summed E-state index contributed by atoms with van der Waals surface area (Å²) in [5.74, 6) is -0.674. The predicted molar refractivity (Wildman–Crippen MR) is 135 cm³/mol. The quantitative estimate of drug-likeness (QED) is 0.635. The molecular formula is C27H35N3O4S. The third-order valence-corrected chi connectivity index (χ3v) is 9.08. The van der Waals surface area contributed by atoms with Crippen LogP contribution in [0.15, 0.2) is 59.5 Å². The molecule has 2 aliphatic rings. The van der Waals surface area contributed by atoms with Gasteiger partial charge < -0.3 is 10.2 Å². The van der Waals surface area contributed by atoms with Crippen LogP contribution in [0.1, 0.15) is 57.1 Å². The molecule has 8 heteroatoms. The van der Waals surface area contributed by atoms with Gasteiger partial charge in [-0.15, -0.1) is 0 Å². The van der Waals surface area contributed by atoms with Crippen molar-refractivity contribution in [3.63, 3.8) is 0 Å². The van der Waals surface area contributed by atoms with E-state index in [2.05, 4.69) is 12.2 Å². The van der Waals surface area contributed by atoms with Crippen LogP contribution in [0.4, 0.5) is 0 Å². The summed E-state index contributed by atoms with van der Waals surface area (Å²) in [6.07, 6.45) is 5.99. The van der Waals surface area contributed by atoms with Crippen molar-refractivity contribution in [2.45, 2.75) is 75.4 Å². The molecule has 7 nitrogen and oxygen atoms in total. The van der Waals surface area contributed by atoms with E-state index in [-0.39, 0.29) is 42.4 Å². The lowest BCUT2D eigenvalue weighted by atomic mass is 9.91. The first-order valence-electron chi connectivity index (χ1n) is 12.5. The number of hydrogen-bond acceptors (Lipinski definition) is 4. The van der Waals surface area contributed by atoms with Gasteiger partial charge in [-0.1, -0.05) is 68.7 Å². The van der Waals surface area contributed by atoms with Crippen molar-refractivity contribution in [3.8, 4) is 0 Å². The Balaban J connectivity index is 1.65. The number of piperazine rings is 1. The van der Waals surface area contributed by atoms with Gasteiger partial charge in [-0.2, -0.15) is 4.31 Å². The molecule has 0 aromatic heterocycles. The minimum Gasteiger partial charge on any atom is -0.351 e. The van der Waals surface area contributed by atoms with Gasteiger partial charge in [0.2, 0.25) is 21.8 Å². The summed E-state index contributed by atoms with van der Waals surface area (Å²) >= 11 is 0. The Morgan fingerprint density at radius 2 is 1.63 bits per heavy atom. The Kier molecular flexibility index (Phi) is 7.62. The number of amides is 2. The van der Waals surface area contributed by atoms with Gasteiger partial charge in [-0.05, 0) is 49.4 Å². The summed E-state index contributed by atoms with van der Waals surface area (Å²) in [7, 11) is -3.93. The molecule has 2 aromatic rings. The fourth-order valence-electron chi connectivity index (χ4n) is 5.02. The molecule has 0 unspecified atom stereocenters. The summed E-state index contributed by atoms with van der Waals surface area (Å²) in [4.78, 5) is 28.9. The van der Waals surface area contributed by atoms with Gasteiger partial charge in [0.15, 0.2) is 0 Å². The fourth-order valence-corrected chi connectivity index (χ4v) is 6.52. The van der Waals surface area contributed by atoms with Gasteiger partial charge >= 0.3 is 0 Å². The molecule has 1 saturated heterocycles. The number of nitrogens with zero attached hydrogens (tertiary/aromatic N) is 2. The van der Waals surface area contributed by atoms with Crippen molar-refractivity contribution in [2.75, 3.05) is 13.1 Å². The van der Waals surface area contributed by atoms with E-state index in [0.717, 1.165) is 48.4 Å². The highest BCUT2D eigenvalue weighted by Gasteiger charge is 2.50. The summed E-state index contributed by atoms with van der Waals surface area (Å²) in [5, 5.41) is 3.14. The predicted octanol–water partition coefficient (Wildman–Crippen LogP) is 3.49. The number of hydrogen-bond donors (Lipinski definition) is 1. The zero-order valence-electron chi connectivity index (χ0n) is 20.6. The summed E-state index contributed by atoms with van der Waals surface area (Å²) in [5.41, 5.74) is 0.765. The smallest absolute Gasteiger partial charge is 0.247 e. The van der Waals surface area contributed by atoms with Gasteiger partial charge in [-0.3, -0.25) is 9.59 Å². The van der Waals surface area contributed by atoms with E-state index in [4.69, 9.17) is 0 Å². The van der Waals surface area contributed by atoms with Gasteiger partial charge in [-0.25, -0.2) is 8.42 Å². The van der Waals surface area contributed by atoms with Crippen LogP contribution in [-0.4, -0.2) is 54.1 Å². The molecule has 2 aromatic carbocycles. The molecule has 4 rings (SSSR count). The van der Waals surface area contributed by atoms with E-state index in [1.54, 1.807) is 30.0 Å². The highest BCUT2D eigenvalue weighted by molar-refractivity contribution is 7.89. The number of carbonyl (C=O) groups excluding carboxylic acids is 2. The van der Waals surface area contributed by atoms with Gasteiger partial charge in [0.05, 0.1) is 11.4 Å². The molecule has 1 N–H and O–H groups in total. The second-order valence-electron chi connectivity index (χ2n) is 9.82. The molecule has 188 valence electrons. The summed E-state index contributed by atoms with van der Waals surface area (Å²) < 4.78 is 27.9. The lowest BCUT2D eigenvalue weighted by molar-refractivity contribution is -0.154. The molecule has 1 saturated carbocycles. The van der Waals surface area contributed by atoms with Crippen molar-refractivity contribution in [1.29, 1.82) is 0 Å². The second-order valence-corrected chi connectivity index (χ2v) is 11.8. The van der Waals surface area contributed by atoms with E-state index in [1.165, 1.54) is 17.7 Å². The Labute approximate surface area is 208 Å². The number of sulfonamides is 1. The maximum Gasteiger partial charge on any atom is 0.247 e. The van der Waals surface area contributed by atoms with E-state index in [0.29, 0.717) is 0 Å². The topological polar surface area (TPSA) is 86.8 Å². The third-order valence-electron chi connectivity index (χ3n) is 7.28. The average Bonchev–Trinajstić information content (AvgIpc) is 2.87. The molecule has 2 fully saturated rings. The Morgan fingerprint density at radius 3 is 2.26 bits per heavy atom. The zero-order valence-corrected chi connectivity index (χ0v) is 21.4. The molecule has 0 bridgehead atoms. The number of aryl methyl sites for hydroxylation is 1. The van der Waals surface area contributed by atoms with Crippen molar-refractivity contribution in [1.82, 2.24) is 14.5 Å². The molecule has 1 heterocycles. The van der Waals surface area contributed by atoms with Crippen molar-refractivity contribution < 1.29 is 18.0 Å². The average molecular weight is 498 g/mol. The third kappa shape index (κ3) is 5.43. The van der Waals surface area contributed by atoms with Crippen LogP contribution >= 0.6 is 0 Å². The van der Waals surface area contributed by atoms with Crippen molar-refractivity contribution >= 4 is 21.8 Å².